The molecule has 0 unspecified atom stereocenters. The average molecular weight is 636 g/mol. The molecule has 4 nitrogen and oxygen atoms in total. The van der Waals surface area contributed by atoms with E-state index >= 15 is 0 Å². The Balaban J connectivity index is 1.90. The number of H-pyrrole nitrogens is 2. The summed E-state index contributed by atoms with van der Waals surface area (Å²) in [4.78, 5) is 17.7. The van der Waals surface area contributed by atoms with Crippen LogP contribution >= 0.6 is 31.9 Å². The molecule has 0 fully saturated rings. The third-order valence-corrected chi connectivity index (χ3v) is 8.97. The lowest BCUT2D eigenvalue weighted by Crippen LogP contribution is -1.84. The van der Waals surface area contributed by atoms with Gasteiger partial charge in [-0.15, -0.1) is 0 Å². The van der Waals surface area contributed by atoms with Gasteiger partial charge in [-0.3, -0.25) is 0 Å². The molecule has 0 aliphatic carbocycles. The highest BCUT2D eigenvalue weighted by atomic mass is 79.9. The van der Waals surface area contributed by atoms with Crippen LogP contribution < -0.4 is 0 Å². The summed E-state index contributed by atoms with van der Waals surface area (Å²) in [6, 6.07) is 13.3. The molecular weight excluding hydrogens is 600 g/mol. The maximum atomic E-state index is 5.14. The molecule has 198 valence electrons. The van der Waals surface area contributed by atoms with Gasteiger partial charge in [0.2, 0.25) is 0 Å². The molecule has 2 aliphatic heterocycles. The minimum atomic E-state index is 0.971. The summed E-state index contributed by atoms with van der Waals surface area (Å²) in [5, 5.41) is 0. The maximum Gasteiger partial charge on any atom is 0.102 e. The second-order valence-electron chi connectivity index (χ2n) is 10.2. The maximum absolute atomic E-state index is 5.14. The van der Waals surface area contributed by atoms with Gasteiger partial charge in [0.15, 0.2) is 0 Å². The van der Waals surface area contributed by atoms with Gasteiger partial charge in [0.25, 0.3) is 0 Å². The van der Waals surface area contributed by atoms with Crippen molar-refractivity contribution in [1.29, 1.82) is 0 Å². The molecule has 38 heavy (non-hydrogen) atoms. The van der Waals surface area contributed by atoms with Crippen molar-refractivity contribution in [2.75, 3.05) is 0 Å². The van der Waals surface area contributed by atoms with E-state index in [-0.39, 0.29) is 0 Å². The molecule has 0 spiro atoms. The van der Waals surface area contributed by atoms with Crippen LogP contribution in [0.3, 0.4) is 0 Å². The zero-order chi connectivity index (χ0) is 26.8. The molecule has 6 heteroatoms. The number of aryl methyl sites for hydroxylation is 2. The van der Waals surface area contributed by atoms with Crippen molar-refractivity contribution in [3.8, 4) is 0 Å². The number of nitrogens with zero attached hydrogens (tertiary/aromatic N) is 2. The number of fused-ring (bicyclic) bond motifs is 10. The summed E-state index contributed by atoms with van der Waals surface area (Å²) in [6.45, 7) is 8.91. The topological polar surface area (TPSA) is 57.4 Å². The third kappa shape index (κ3) is 5.10. The molecule has 5 heterocycles. The Morgan fingerprint density at radius 2 is 0.947 bits per heavy atom. The van der Waals surface area contributed by atoms with Crippen LogP contribution in [0.2, 0.25) is 0 Å². The minimum Gasteiger partial charge on any atom is -0.353 e. The Morgan fingerprint density at radius 3 is 1.32 bits per heavy atom. The largest absolute Gasteiger partial charge is 0.353 e. The number of halogens is 2. The Bertz CT molecular complexity index is 1470. The fraction of sp³-hybridized carbons (Fsp3) is 0.375. The molecular formula is C32H36Br2N4. The van der Waals surface area contributed by atoms with Crippen LogP contribution in [0.4, 0.5) is 0 Å². The van der Waals surface area contributed by atoms with Crippen LogP contribution in [-0.2, 0) is 12.8 Å². The summed E-state index contributed by atoms with van der Waals surface area (Å²) in [7, 11) is 0. The van der Waals surface area contributed by atoms with Gasteiger partial charge < -0.3 is 9.97 Å². The number of aromatic amines is 2. The molecule has 5 rings (SSSR count). The molecule has 0 atom stereocenters. The quantitative estimate of drug-likeness (QED) is 0.259. The van der Waals surface area contributed by atoms with Crippen LogP contribution in [-0.4, -0.2) is 19.9 Å². The number of hydrogen-bond donors (Lipinski definition) is 2. The Morgan fingerprint density at radius 1 is 0.553 bits per heavy atom. The smallest absolute Gasteiger partial charge is 0.102 e. The van der Waals surface area contributed by atoms with E-state index in [4.69, 9.17) is 9.97 Å². The number of allylic oxidation sites excluding steroid dienone is 2. The van der Waals surface area contributed by atoms with Gasteiger partial charge >= 0.3 is 0 Å². The highest BCUT2D eigenvalue weighted by Gasteiger charge is 2.22. The molecule has 8 bridgehead atoms. The minimum absolute atomic E-state index is 0.971. The first-order valence-electron chi connectivity index (χ1n) is 14.0. The molecule has 0 saturated heterocycles. The van der Waals surface area contributed by atoms with E-state index in [1.165, 1.54) is 22.3 Å². The van der Waals surface area contributed by atoms with Gasteiger partial charge in [-0.1, -0.05) is 53.4 Å². The average Bonchev–Trinajstić information content (AvgIpc) is 3.64. The zero-order valence-corrected chi connectivity index (χ0v) is 25.9. The fourth-order valence-electron chi connectivity index (χ4n) is 5.45. The van der Waals surface area contributed by atoms with Gasteiger partial charge in [0.05, 0.1) is 31.4 Å². The Hall–Kier alpha value is -2.44. The van der Waals surface area contributed by atoms with E-state index in [0.717, 1.165) is 105 Å². The SMILES string of the molecule is CCCC1=C(Br)c2nc1ccc1nc(c3cc(CCC)c(ccc4[nH]c2cc4CCC)[nH]3)C(Br)=C1CCC. The molecule has 3 aromatic rings. The van der Waals surface area contributed by atoms with Gasteiger partial charge in [0, 0.05) is 11.0 Å². The van der Waals surface area contributed by atoms with E-state index in [9.17, 15) is 0 Å². The third-order valence-electron chi connectivity index (χ3n) is 7.26. The van der Waals surface area contributed by atoms with Crippen molar-refractivity contribution in [3.63, 3.8) is 0 Å². The number of aromatic nitrogens is 4. The van der Waals surface area contributed by atoms with Crippen molar-refractivity contribution in [2.24, 2.45) is 0 Å². The monoisotopic (exact) mass is 634 g/mol. The first kappa shape index (κ1) is 27.1. The highest BCUT2D eigenvalue weighted by molar-refractivity contribution is 9.15. The van der Waals surface area contributed by atoms with E-state index in [1.807, 2.05) is 0 Å². The number of nitrogens with one attached hydrogen (secondary N) is 2. The molecule has 2 N–H and O–H groups in total. The molecule has 0 saturated carbocycles. The number of rotatable bonds is 8. The Kier molecular flexibility index (Phi) is 8.39. The molecule has 2 aliphatic rings. The van der Waals surface area contributed by atoms with Crippen molar-refractivity contribution in [3.05, 3.63) is 70.3 Å². The van der Waals surface area contributed by atoms with Crippen molar-refractivity contribution in [2.45, 2.75) is 79.1 Å². The van der Waals surface area contributed by atoms with E-state index < -0.39 is 0 Å². The lowest BCUT2D eigenvalue weighted by Gasteiger charge is -2.01. The summed E-state index contributed by atoms with van der Waals surface area (Å²) in [5.74, 6) is 0. The van der Waals surface area contributed by atoms with Crippen LogP contribution in [0, 0.1) is 0 Å². The summed E-state index contributed by atoms with van der Waals surface area (Å²) >= 11 is 7.85. The first-order chi connectivity index (χ1) is 18.5. The predicted octanol–water partition coefficient (Wildman–Crippen LogP) is 10.3. The van der Waals surface area contributed by atoms with Crippen LogP contribution in [0.25, 0.3) is 42.2 Å². The normalized spacial score (nSPS) is 13.6. The lowest BCUT2D eigenvalue weighted by molar-refractivity contribution is 0.930. The fourth-order valence-corrected chi connectivity index (χ4v) is 6.86. The zero-order valence-electron chi connectivity index (χ0n) is 22.8. The van der Waals surface area contributed by atoms with Gasteiger partial charge in [0.1, 0.15) is 11.4 Å². The van der Waals surface area contributed by atoms with Crippen molar-refractivity contribution >= 4 is 74.0 Å². The predicted molar refractivity (Wildman–Crippen MR) is 170 cm³/mol. The molecule has 0 amide bonds. The van der Waals surface area contributed by atoms with Crippen molar-refractivity contribution < 1.29 is 0 Å². The number of hydrogen-bond acceptors (Lipinski definition) is 2. The summed E-state index contributed by atoms with van der Waals surface area (Å²) in [5.41, 5.74) is 13.6. The summed E-state index contributed by atoms with van der Waals surface area (Å²) < 4.78 is 2.18. The molecule has 3 aromatic heterocycles. The van der Waals surface area contributed by atoms with Crippen LogP contribution in [0.5, 0.6) is 0 Å². The van der Waals surface area contributed by atoms with Crippen molar-refractivity contribution in [1.82, 2.24) is 19.9 Å². The van der Waals surface area contributed by atoms with Gasteiger partial charge in [-0.05, 0) is 116 Å². The highest BCUT2D eigenvalue weighted by Crippen LogP contribution is 2.41. The van der Waals surface area contributed by atoms with Crippen LogP contribution in [0.15, 0.2) is 36.4 Å². The Labute approximate surface area is 242 Å². The van der Waals surface area contributed by atoms with E-state index in [2.05, 4.69) is 106 Å². The lowest BCUT2D eigenvalue weighted by atomic mass is 10.1. The summed E-state index contributed by atoms with van der Waals surface area (Å²) in [6.07, 6.45) is 8.29. The molecule has 0 radical (unpaired) electrons. The van der Waals surface area contributed by atoms with Crippen LogP contribution in [0.1, 0.15) is 100 Å². The van der Waals surface area contributed by atoms with Gasteiger partial charge in [-0.25, -0.2) is 9.97 Å². The second kappa shape index (κ2) is 11.7. The van der Waals surface area contributed by atoms with Gasteiger partial charge in [-0.2, -0.15) is 0 Å². The molecule has 0 aromatic carbocycles. The van der Waals surface area contributed by atoms with E-state index in [1.54, 1.807) is 0 Å². The second-order valence-corrected chi connectivity index (χ2v) is 11.8. The first-order valence-corrected chi connectivity index (χ1v) is 15.6. The van der Waals surface area contributed by atoms with E-state index in [0.29, 0.717) is 0 Å². The standard InChI is InChI=1S/C32H36Br2N4/c1-5-9-19-17-27-31-29(33)21(11-7-3)25(37-31)15-16-26-22(12-8-4)30(34)32(38-26)28-18-20(10-6-2)24(36-28)14-13-23(19)35-27/h13-18,35-36H,5-12H2,1-4H3.